The van der Waals surface area contributed by atoms with Gasteiger partial charge in [-0.05, 0) is 60.0 Å². The van der Waals surface area contributed by atoms with Gasteiger partial charge < -0.3 is 15.0 Å². The number of hydrogen-bond acceptors (Lipinski definition) is 3. The first kappa shape index (κ1) is 28.9. The molecule has 2 amide bonds. The Morgan fingerprint density at radius 3 is 2.24 bits per heavy atom. The Balaban J connectivity index is 1.35. The Bertz CT molecular complexity index is 1740. The molecule has 0 atom stereocenters. The fourth-order valence-corrected chi connectivity index (χ4v) is 4.96. The van der Waals surface area contributed by atoms with Crippen LogP contribution in [0, 0.1) is 6.92 Å². The van der Waals surface area contributed by atoms with E-state index in [9.17, 15) is 9.59 Å². The molecule has 5 rings (SSSR count). The van der Waals surface area contributed by atoms with Gasteiger partial charge in [-0.2, -0.15) is 0 Å². The van der Waals surface area contributed by atoms with Crippen LogP contribution in [-0.4, -0.2) is 18.9 Å². The molecule has 0 saturated heterocycles. The minimum Gasteiger partial charge on any atom is -0.487 e. The maximum atomic E-state index is 13.5. The van der Waals surface area contributed by atoms with E-state index in [1.54, 1.807) is 43.4 Å². The van der Waals surface area contributed by atoms with Crippen LogP contribution in [0.4, 0.5) is 11.4 Å². The lowest BCUT2D eigenvalue weighted by Gasteiger charge is -2.21. The van der Waals surface area contributed by atoms with E-state index in [1.807, 2.05) is 85.8 Å². The molecule has 0 spiro atoms. The molecule has 0 heterocycles. The van der Waals surface area contributed by atoms with Crippen molar-refractivity contribution in [1.29, 1.82) is 0 Å². The van der Waals surface area contributed by atoms with Crippen molar-refractivity contribution in [3.05, 3.63) is 148 Å². The minimum atomic E-state index is -0.299. The summed E-state index contributed by atoms with van der Waals surface area (Å²) in [7, 11) is 1.66. The minimum absolute atomic E-state index is 0.244. The highest BCUT2D eigenvalue weighted by atomic mass is 35.5. The van der Waals surface area contributed by atoms with E-state index >= 15 is 0 Å². The third-order valence-corrected chi connectivity index (χ3v) is 7.34. The third-order valence-electron chi connectivity index (χ3n) is 6.79. The van der Waals surface area contributed by atoms with Gasteiger partial charge in [0.05, 0.1) is 16.4 Å². The van der Waals surface area contributed by atoms with Crippen molar-refractivity contribution in [2.24, 2.45) is 0 Å². The summed E-state index contributed by atoms with van der Waals surface area (Å²) in [6, 6.07) is 35.2. The molecule has 5 aromatic carbocycles. The topological polar surface area (TPSA) is 58.6 Å². The number of halogens is 2. The van der Waals surface area contributed by atoms with Crippen LogP contribution in [0.2, 0.25) is 10.0 Å². The lowest BCUT2D eigenvalue weighted by Crippen LogP contribution is -2.26. The van der Waals surface area contributed by atoms with E-state index in [0.717, 1.165) is 22.3 Å². The van der Waals surface area contributed by atoms with Gasteiger partial charge in [0.15, 0.2) is 0 Å². The van der Waals surface area contributed by atoms with Crippen molar-refractivity contribution in [2.45, 2.75) is 13.5 Å². The molecule has 0 aliphatic rings. The van der Waals surface area contributed by atoms with Gasteiger partial charge in [0.25, 0.3) is 11.8 Å². The quantitative estimate of drug-likeness (QED) is 0.195. The Hall–Kier alpha value is -4.58. The van der Waals surface area contributed by atoms with E-state index in [1.165, 1.54) is 4.90 Å². The number of rotatable bonds is 8. The predicted octanol–water partition coefficient (Wildman–Crippen LogP) is 9.08. The summed E-state index contributed by atoms with van der Waals surface area (Å²) in [6.45, 7) is 2.26. The first-order valence-electron chi connectivity index (χ1n) is 13.3. The summed E-state index contributed by atoms with van der Waals surface area (Å²) in [5.74, 6) is -0.117. The maximum absolute atomic E-state index is 13.5. The second kappa shape index (κ2) is 12.9. The van der Waals surface area contributed by atoms with Gasteiger partial charge in [-0.15, -0.1) is 0 Å². The molecule has 1 N–H and O–H groups in total. The maximum Gasteiger partial charge on any atom is 0.258 e. The van der Waals surface area contributed by atoms with E-state index in [2.05, 4.69) is 5.32 Å². The lowest BCUT2D eigenvalue weighted by atomic mass is 9.97. The van der Waals surface area contributed by atoms with Gasteiger partial charge in [-0.1, -0.05) is 102 Å². The van der Waals surface area contributed by atoms with Gasteiger partial charge >= 0.3 is 0 Å². The molecule has 42 heavy (non-hydrogen) atoms. The highest BCUT2D eigenvalue weighted by Gasteiger charge is 2.20. The Kier molecular flexibility index (Phi) is 8.91. The summed E-state index contributed by atoms with van der Waals surface area (Å²) in [5, 5.41) is 3.65. The highest BCUT2D eigenvalue weighted by molar-refractivity contribution is 6.34. The molecule has 0 aliphatic heterocycles. The monoisotopic (exact) mass is 594 g/mol. The SMILES string of the molecule is Cc1ccc(-c2ccccc2)c(C(=O)Nc2ccc(C(=O)N(C)c3ccc(Cl)cc3OCc3ccccc3)cc2Cl)c1. The fourth-order valence-electron chi connectivity index (χ4n) is 4.57. The third kappa shape index (κ3) is 6.65. The van der Waals surface area contributed by atoms with Crippen LogP contribution in [-0.2, 0) is 6.61 Å². The molecule has 0 fully saturated rings. The normalized spacial score (nSPS) is 10.7. The zero-order valence-corrected chi connectivity index (χ0v) is 24.6. The van der Waals surface area contributed by atoms with Gasteiger partial charge in [-0.25, -0.2) is 0 Å². The summed E-state index contributed by atoms with van der Waals surface area (Å²) < 4.78 is 6.04. The molecule has 210 valence electrons. The van der Waals surface area contributed by atoms with Crippen molar-refractivity contribution in [3.63, 3.8) is 0 Å². The molecule has 0 aliphatic carbocycles. The molecule has 0 aromatic heterocycles. The summed E-state index contributed by atoms with van der Waals surface area (Å²) in [5.41, 5.74) is 5.55. The molecule has 0 saturated carbocycles. The number of carbonyl (C=O) groups is 2. The van der Waals surface area contributed by atoms with E-state index in [0.29, 0.717) is 39.9 Å². The molecular formula is C35H28Cl2N2O3. The number of ether oxygens (including phenoxy) is 1. The van der Waals surface area contributed by atoms with Crippen molar-refractivity contribution < 1.29 is 14.3 Å². The number of amides is 2. The van der Waals surface area contributed by atoms with Gasteiger partial charge in [0.2, 0.25) is 0 Å². The van der Waals surface area contributed by atoms with Crippen molar-refractivity contribution in [2.75, 3.05) is 17.3 Å². The van der Waals surface area contributed by atoms with Crippen LogP contribution in [0.25, 0.3) is 11.1 Å². The van der Waals surface area contributed by atoms with Crippen LogP contribution in [0.5, 0.6) is 5.75 Å². The van der Waals surface area contributed by atoms with Crippen LogP contribution < -0.4 is 15.0 Å². The van der Waals surface area contributed by atoms with Crippen molar-refractivity contribution >= 4 is 46.4 Å². The first-order chi connectivity index (χ1) is 20.3. The van der Waals surface area contributed by atoms with Crippen molar-refractivity contribution in [3.8, 4) is 16.9 Å². The summed E-state index contributed by atoms with van der Waals surface area (Å²) >= 11 is 12.8. The van der Waals surface area contributed by atoms with Crippen LogP contribution in [0.1, 0.15) is 31.8 Å². The molecule has 0 radical (unpaired) electrons. The smallest absolute Gasteiger partial charge is 0.258 e. The molecular weight excluding hydrogens is 567 g/mol. The molecule has 5 aromatic rings. The first-order valence-corrected chi connectivity index (χ1v) is 14.1. The highest BCUT2D eigenvalue weighted by Crippen LogP contribution is 2.33. The molecule has 7 heteroatoms. The Morgan fingerprint density at radius 1 is 0.810 bits per heavy atom. The summed E-state index contributed by atoms with van der Waals surface area (Å²) in [6.07, 6.45) is 0. The van der Waals surface area contributed by atoms with Gasteiger partial charge in [-0.3, -0.25) is 9.59 Å². The second-order valence-corrected chi connectivity index (χ2v) is 10.7. The number of carbonyl (C=O) groups excluding carboxylic acids is 2. The van der Waals surface area contributed by atoms with Crippen LogP contribution in [0.3, 0.4) is 0 Å². The zero-order chi connectivity index (χ0) is 29.6. The van der Waals surface area contributed by atoms with Crippen molar-refractivity contribution in [1.82, 2.24) is 0 Å². The summed E-state index contributed by atoms with van der Waals surface area (Å²) in [4.78, 5) is 28.4. The second-order valence-electron chi connectivity index (χ2n) is 9.81. The molecule has 0 bridgehead atoms. The standard InChI is InChI=1S/C35H28Cl2N2O3/c1-23-13-16-28(25-11-7-4-8-12-25)29(19-23)34(40)38-31-17-14-26(20-30(31)37)35(41)39(2)32-18-15-27(36)21-33(32)42-22-24-9-5-3-6-10-24/h3-21H,22H2,1-2H3,(H,38,40). The number of benzene rings is 5. The van der Waals surface area contributed by atoms with E-state index in [4.69, 9.17) is 27.9 Å². The number of anilines is 2. The number of nitrogens with zero attached hydrogens (tertiary/aromatic N) is 1. The zero-order valence-electron chi connectivity index (χ0n) is 23.1. The number of aryl methyl sites for hydroxylation is 1. The molecule has 5 nitrogen and oxygen atoms in total. The van der Waals surface area contributed by atoms with E-state index in [-0.39, 0.29) is 16.8 Å². The Labute approximate surface area is 255 Å². The predicted molar refractivity (Wildman–Crippen MR) is 171 cm³/mol. The van der Waals surface area contributed by atoms with Gasteiger partial charge in [0, 0.05) is 29.3 Å². The Morgan fingerprint density at radius 2 is 1.52 bits per heavy atom. The van der Waals surface area contributed by atoms with Crippen LogP contribution >= 0.6 is 23.2 Å². The largest absolute Gasteiger partial charge is 0.487 e. The number of nitrogens with one attached hydrogen (secondary N) is 1. The van der Waals surface area contributed by atoms with Gasteiger partial charge in [0.1, 0.15) is 12.4 Å². The van der Waals surface area contributed by atoms with Crippen LogP contribution in [0.15, 0.2) is 115 Å². The average molecular weight is 596 g/mol. The fraction of sp³-hybridized carbons (Fsp3) is 0.0857. The average Bonchev–Trinajstić information content (AvgIpc) is 3.01. The molecule has 0 unspecified atom stereocenters. The number of hydrogen-bond donors (Lipinski definition) is 1. The van der Waals surface area contributed by atoms with E-state index < -0.39 is 0 Å². The lowest BCUT2D eigenvalue weighted by molar-refractivity contribution is 0.0990.